The van der Waals surface area contributed by atoms with Crippen molar-refractivity contribution in [1.82, 2.24) is 15.3 Å². The molecule has 5 nitrogen and oxygen atoms in total. The van der Waals surface area contributed by atoms with Crippen LogP contribution in [0.1, 0.15) is 6.92 Å². The van der Waals surface area contributed by atoms with Crippen molar-refractivity contribution in [3.05, 3.63) is 0 Å². The number of piperazine rings is 1. The minimum absolute atomic E-state index is 0.195. The van der Waals surface area contributed by atoms with Gasteiger partial charge in [0.15, 0.2) is 0 Å². The van der Waals surface area contributed by atoms with Crippen molar-refractivity contribution in [1.29, 1.82) is 0 Å². The van der Waals surface area contributed by atoms with E-state index in [-0.39, 0.29) is 6.10 Å². The summed E-state index contributed by atoms with van der Waals surface area (Å²) in [6.45, 7) is 8.75. The second-order valence-electron chi connectivity index (χ2n) is 4.03. The molecule has 1 saturated heterocycles. The van der Waals surface area contributed by atoms with Crippen molar-refractivity contribution < 1.29 is 9.47 Å². The molecule has 1 fully saturated rings. The van der Waals surface area contributed by atoms with Crippen molar-refractivity contribution in [2.24, 2.45) is 0 Å². The van der Waals surface area contributed by atoms with E-state index in [1.807, 2.05) is 14.0 Å². The standard InChI is InChI=1S/C11H25N3O2/c1-4-16-10-11(15-3)9-13-5-7-14(12-2)8-6-13/h11-12H,4-10H2,1-3H3. The van der Waals surface area contributed by atoms with Gasteiger partial charge in [0, 0.05) is 46.4 Å². The molecule has 0 aromatic carbocycles. The number of hydrogen-bond acceptors (Lipinski definition) is 5. The molecule has 96 valence electrons. The van der Waals surface area contributed by atoms with E-state index in [2.05, 4.69) is 15.3 Å². The Morgan fingerprint density at radius 3 is 2.44 bits per heavy atom. The monoisotopic (exact) mass is 231 g/mol. The molecule has 0 bridgehead atoms. The summed E-state index contributed by atoms with van der Waals surface area (Å²) in [7, 11) is 3.73. The van der Waals surface area contributed by atoms with Gasteiger partial charge in [0.1, 0.15) is 0 Å². The highest BCUT2D eigenvalue weighted by Crippen LogP contribution is 2.02. The molecule has 5 heteroatoms. The first-order valence-electron chi connectivity index (χ1n) is 6.05. The lowest BCUT2D eigenvalue weighted by Gasteiger charge is -2.35. The predicted molar refractivity (Wildman–Crippen MR) is 64.4 cm³/mol. The van der Waals surface area contributed by atoms with E-state index in [4.69, 9.17) is 9.47 Å². The zero-order valence-electron chi connectivity index (χ0n) is 10.7. The maximum absolute atomic E-state index is 5.41. The Balaban J connectivity index is 2.20. The molecule has 0 aliphatic carbocycles. The smallest absolute Gasteiger partial charge is 0.0931 e. The number of nitrogens with one attached hydrogen (secondary N) is 1. The highest BCUT2D eigenvalue weighted by Gasteiger charge is 2.19. The Labute approximate surface area is 98.6 Å². The number of methoxy groups -OCH3 is 1. The molecule has 0 aromatic rings. The van der Waals surface area contributed by atoms with E-state index in [0.29, 0.717) is 6.61 Å². The fourth-order valence-electron chi connectivity index (χ4n) is 1.89. The third-order valence-electron chi connectivity index (χ3n) is 2.99. The number of rotatable bonds is 7. The average Bonchev–Trinajstić information content (AvgIpc) is 2.35. The Morgan fingerprint density at radius 2 is 1.94 bits per heavy atom. The zero-order valence-corrected chi connectivity index (χ0v) is 10.7. The molecule has 0 radical (unpaired) electrons. The van der Waals surface area contributed by atoms with Crippen LogP contribution in [0.25, 0.3) is 0 Å². The SMILES string of the molecule is CCOCC(CN1CCN(NC)CC1)OC. The van der Waals surface area contributed by atoms with Gasteiger partial charge >= 0.3 is 0 Å². The van der Waals surface area contributed by atoms with Gasteiger partial charge < -0.3 is 9.47 Å². The minimum atomic E-state index is 0.195. The van der Waals surface area contributed by atoms with Crippen LogP contribution in [-0.2, 0) is 9.47 Å². The van der Waals surface area contributed by atoms with Crippen LogP contribution >= 0.6 is 0 Å². The van der Waals surface area contributed by atoms with Gasteiger partial charge in [-0.15, -0.1) is 0 Å². The Kier molecular flexibility index (Phi) is 6.91. The van der Waals surface area contributed by atoms with Crippen LogP contribution in [0.5, 0.6) is 0 Å². The first-order chi connectivity index (χ1) is 7.80. The van der Waals surface area contributed by atoms with Gasteiger partial charge in [-0.05, 0) is 14.0 Å². The predicted octanol–water partition coefficient (Wildman–Crippen LogP) is -0.210. The van der Waals surface area contributed by atoms with E-state index >= 15 is 0 Å². The van der Waals surface area contributed by atoms with E-state index < -0.39 is 0 Å². The average molecular weight is 231 g/mol. The number of hydrogen-bond donors (Lipinski definition) is 1. The molecule has 0 spiro atoms. The fraction of sp³-hybridized carbons (Fsp3) is 1.00. The summed E-state index contributed by atoms with van der Waals surface area (Å²) in [4.78, 5) is 2.43. The van der Waals surface area contributed by atoms with Gasteiger partial charge in [-0.2, -0.15) is 0 Å². The van der Waals surface area contributed by atoms with Crippen LogP contribution in [0.3, 0.4) is 0 Å². The summed E-state index contributed by atoms with van der Waals surface area (Å²) >= 11 is 0. The molecule has 0 aromatic heterocycles. The maximum atomic E-state index is 5.41. The van der Waals surface area contributed by atoms with Crippen LogP contribution in [0.4, 0.5) is 0 Å². The lowest BCUT2D eigenvalue weighted by Crippen LogP contribution is -2.52. The molecule has 1 unspecified atom stereocenters. The fourth-order valence-corrected chi connectivity index (χ4v) is 1.89. The van der Waals surface area contributed by atoms with Gasteiger partial charge in [-0.1, -0.05) is 0 Å². The Morgan fingerprint density at radius 1 is 1.25 bits per heavy atom. The number of ether oxygens (including phenoxy) is 2. The second kappa shape index (κ2) is 7.97. The third kappa shape index (κ3) is 4.76. The van der Waals surface area contributed by atoms with E-state index in [0.717, 1.165) is 39.3 Å². The van der Waals surface area contributed by atoms with Crippen molar-refractivity contribution in [2.45, 2.75) is 13.0 Å². The Bertz CT molecular complexity index is 173. The lowest BCUT2D eigenvalue weighted by atomic mass is 10.3. The first kappa shape index (κ1) is 13.9. The molecule has 16 heavy (non-hydrogen) atoms. The van der Waals surface area contributed by atoms with Gasteiger partial charge in [0.05, 0.1) is 12.7 Å². The molecule has 0 saturated carbocycles. The maximum Gasteiger partial charge on any atom is 0.0931 e. The van der Waals surface area contributed by atoms with Gasteiger partial charge in [0.2, 0.25) is 0 Å². The molecule has 1 aliphatic rings. The summed E-state index contributed by atoms with van der Waals surface area (Å²) < 4.78 is 10.8. The largest absolute Gasteiger partial charge is 0.379 e. The molecule has 0 amide bonds. The van der Waals surface area contributed by atoms with E-state index in [1.165, 1.54) is 0 Å². The molecular weight excluding hydrogens is 206 g/mol. The summed E-state index contributed by atoms with van der Waals surface area (Å²) in [5.41, 5.74) is 3.18. The first-order valence-corrected chi connectivity index (χ1v) is 6.05. The van der Waals surface area contributed by atoms with E-state index in [9.17, 15) is 0 Å². The van der Waals surface area contributed by atoms with Crippen LogP contribution in [0, 0.1) is 0 Å². The zero-order chi connectivity index (χ0) is 11.8. The van der Waals surface area contributed by atoms with Crippen LogP contribution < -0.4 is 5.43 Å². The number of hydrazine groups is 1. The summed E-state index contributed by atoms with van der Waals surface area (Å²) in [5, 5.41) is 2.24. The molecule has 1 aliphatic heterocycles. The summed E-state index contributed by atoms with van der Waals surface area (Å²) in [6.07, 6.45) is 0.195. The van der Waals surface area contributed by atoms with Crippen LogP contribution in [-0.4, -0.2) is 76.1 Å². The summed E-state index contributed by atoms with van der Waals surface area (Å²) in [6, 6.07) is 0. The van der Waals surface area contributed by atoms with Crippen molar-refractivity contribution >= 4 is 0 Å². The van der Waals surface area contributed by atoms with Crippen molar-refractivity contribution in [3.63, 3.8) is 0 Å². The highest BCUT2D eigenvalue weighted by atomic mass is 16.5. The highest BCUT2D eigenvalue weighted by molar-refractivity contribution is 4.72. The normalized spacial score (nSPS) is 21.2. The molecular formula is C11H25N3O2. The van der Waals surface area contributed by atoms with Gasteiger partial charge in [-0.25, -0.2) is 5.01 Å². The number of nitrogens with zero attached hydrogens (tertiary/aromatic N) is 2. The van der Waals surface area contributed by atoms with Crippen molar-refractivity contribution in [2.75, 3.05) is 60.1 Å². The quantitative estimate of drug-likeness (QED) is 0.656. The molecule has 1 atom stereocenters. The van der Waals surface area contributed by atoms with E-state index in [1.54, 1.807) is 7.11 Å². The molecule has 1 heterocycles. The minimum Gasteiger partial charge on any atom is -0.379 e. The summed E-state index contributed by atoms with van der Waals surface area (Å²) in [5.74, 6) is 0. The topological polar surface area (TPSA) is 37.0 Å². The van der Waals surface area contributed by atoms with Crippen LogP contribution in [0.2, 0.25) is 0 Å². The third-order valence-corrected chi connectivity index (χ3v) is 2.99. The second-order valence-corrected chi connectivity index (χ2v) is 4.03. The van der Waals surface area contributed by atoms with Crippen LogP contribution in [0.15, 0.2) is 0 Å². The lowest BCUT2D eigenvalue weighted by molar-refractivity contribution is -0.0167. The molecule has 1 N–H and O–H groups in total. The van der Waals surface area contributed by atoms with Gasteiger partial charge in [-0.3, -0.25) is 10.3 Å². The Hall–Kier alpha value is -0.200. The molecule has 1 rings (SSSR count). The van der Waals surface area contributed by atoms with Gasteiger partial charge in [0.25, 0.3) is 0 Å². The van der Waals surface area contributed by atoms with Crippen molar-refractivity contribution in [3.8, 4) is 0 Å².